The maximum atomic E-state index is 11.6. The number of aliphatic hydroxyl groups is 1. The number of carbonyl (C=O) groups excluding carboxylic acids is 1. The van der Waals surface area contributed by atoms with Crippen molar-refractivity contribution in [2.45, 2.75) is 19.3 Å². The van der Waals surface area contributed by atoms with Crippen LogP contribution in [0.2, 0.25) is 0 Å². The second kappa shape index (κ2) is 5.47. The first kappa shape index (κ1) is 12.9. The second-order valence-electron chi connectivity index (χ2n) is 5.03. The number of benzene rings is 2. The molecule has 0 aromatic heterocycles. The zero-order chi connectivity index (χ0) is 13.9. The maximum Gasteiger partial charge on any atom is 0.155 e. The van der Waals surface area contributed by atoms with Gasteiger partial charge in [0.15, 0.2) is 5.78 Å². The minimum Gasteiger partial charge on any atom is -0.377 e. The largest absolute Gasteiger partial charge is 0.377 e. The van der Waals surface area contributed by atoms with Crippen LogP contribution < -0.4 is 5.32 Å². The van der Waals surface area contributed by atoms with Crippen LogP contribution in [0.15, 0.2) is 42.5 Å². The third kappa shape index (κ3) is 2.32. The minimum atomic E-state index is -0.0927. The predicted octanol–water partition coefficient (Wildman–Crippen LogP) is 3.34. The summed E-state index contributed by atoms with van der Waals surface area (Å²) in [5, 5.41) is 14.2. The number of fused-ring (bicyclic) bond motifs is 1. The van der Waals surface area contributed by atoms with Gasteiger partial charge < -0.3 is 10.4 Å². The molecule has 0 atom stereocenters. The van der Waals surface area contributed by atoms with Crippen LogP contribution in [0.25, 0.3) is 16.3 Å². The highest BCUT2D eigenvalue weighted by Crippen LogP contribution is 2.34. The van der Waals surface area contributed by atoms with E-state index in [1.807, 2.05) is 30.3 Å². The smallest absolute Gasteiger partial charge is 0.155 e. The molecular formula is C17H17NO2. The Kier molecular flexibility index (Phi) is 3.52. The molecule has 0 saturated carbocycles. The summed E-state index contributed by atoms with van der Waals surface area (Å²) in [5.74, 6) is 0.216. The molecule has 3 heteroatoms. The molecule has 0 amide bonds. The molecule has 3 nitrogen and oxygen atoms in total. The number of anilines is 1. The van der Waals surface area contributed by atoms with Gasteiger partial charge in [0, 0.05) is 17.5 Å². The van der Waals surface area contributed by atoms with Crippen molar-refractivity contribution in [3.05, 3.63) is 48.0 Å². The average molecular weight is 267 g/mol. The topological polar surface area (TPSA) is 49.3 Å². The molecule has 3 rings (SSSR count). The van der Waals surface area contributed by atoms with Gasteiger partial charge in [-0.3, -0.25) is 4.79 Å². The number of carbonyl (C=O) groups is 1. The molecular weight excluding hydrogens is 250 g/mol. The summed E-state index contributed by atoms with van der Waals surface area (Å²) in [7, 11) is 0. The van der Waals surface area contributed by atoms with Crippen LogP contribution in [0.3, 0.4) is 0 Å². The summed E-state index contributed by atoms with van der Waals surface area (Å²) >= 11 is 0. The molecule has 102 valence electrons. The van der Waals surface area contributed by atoms with Crippen molar-refractivity contribution < 1.29 is 9.90 Å². The molecule has 0 heterocycles. The Balaban J connectivity index is 2.17. The summed E-state index contributed by atoms with van der Waals surface area (Å²) in [6.45, 7) is -0.0927. The van der Waals surface area contributed by atoms with Crippen LogP contribution in [0.4, 0.5) is 5.69 Å². The monoisotopic (exact) mass is 267 g/mol. The molecule has 1 aliphatic rings. The van der Waals surface area contributed by atoms with Crippen molar-refractivity contribution in [3.8, 4) is 0 Å². The summed E-state index contributed by atoms with van der Waals surface area (Å²) in [5.41, 5.74) is 3.15. The Bertz CT molecular complexity index is 688. The fourth-order valence-electron chi connectivity index (χ4n) is 2.82. The maximum absolute atomic E-state index is 11.6. The molecule has 2 aromatic rings. The Morgan fingerprint density at radius 3 is 2.60 bits per heavy atom. The SMILES string of the molecule is O=C1C=C(c2ccc(NCO)c3ccccc23)CCC1. The molecule has 1 aliphatic carbocycles. The van der Waals surface area contributed by atoms with Crippen LogP contribution in [0, 0.1) is 0 Å². The van der Waals surface area contributed by atoms with E-state index in [0.717, 1.165) is 40.4 Å². The van der Waals surface area contributed by atoms with Crippen molar-refractivity contribution in [2.24, 2.45) is 0 Å². The first-order valence-electron chi connectivity index (χ1n) is 6.90. The number of hydrogen-bond donors (Lipinski definition) is 2. The zero-order valence-electron chi connectivity index (χ0n) is 11.2. The Morgan fingerprint density at radius 2 is 1.85 bits per heavy atom. The Labute approximate surface area is 117 Å². The normalized spacial score (nSPS) is 15.2. The quantitative estimate of drug-likeness (QED) is 0.839. The van der Waals surface area contributed by atoms with Crippen LogP contribution in [-0.2, 0) is 4.79 Å². The molecule has 2 N–H and O–H groups in total. The first-order valence-corrected chi connectivity index (χ1v) is 6.90. The lowest BCUT2D eigenvalue weighted by atomic mass is 9.89. The van der Waals surface area contributed by atoms with Crippen LogP contribution in [0.1, 0.15) is 24.8 Å². The third-order valence-electron chi connectivity index (χ3n) is 3.74. The van der Waals surface area contributed by atoms with E-state index in [-0.39, 0.29) is 12.5 Å². The first-order chi connectivity index (χ1) is 9.79. The van der Waals surface area contributed by atoms with Crippen molar-refractivity contribution in [1.82, 2.24) is 0 Å². The molecule has 0 saturated heterocycles. The number of allylic oxidation sites excluding steroid dienone is 2. The Hall–Kier alpha value is -2.13. The highest BCUT2D eigenvalue weighted by atomic mass is 16.3. The number of rotatable bonds is 3. The molecule has 0 fully saturated rings. The highest BCUT2D eigenvalue weighted by molar-refractivity contribution is 6.05. The van der Waals surface area contributed by atoms with Gasteiger partial charge in [-0.05, 0) is 41.5 Å². The summed E-state index contributed by atoms with van der Waals surface area (Å²) < 4.78 is 0. The number of nitrogens with one attached hydrogen (secondary N) is 1. The van der Waals surface area contributed by atoms with E-state index < -0.39 is 0 Å². The van der Waals surface area contributed by atoms with Crippen LogP contribution in [0.5, 0.6) is 0 Å². The fraction of sp³-hybridized carbons (Fsp3) is 0.235. The van der Waals surface area contributed by atoms with Gasteiger partial charge in [0.2, 0.25) is 0 Å². The van der Waals surface area contributed by atoms with Crippen LogP contribution in [-0.4, -0.2) is 17.6 Å². The van der Waals surface area contributed by atoms with Crippen LogP contribution >= 0.6 is 0 Å². The van der Waals surface area contributed by atoms with Gasteiger partial charge in [0.1, 0.15) is 6.73 Å². The fourth-order valence-corrected chi connectivity index (χ4v) is 2.82. The minimum absolute atomic E-state index is 0.0927. The van der Waals surface area contributed by atoms with Gasteiger partial charge >= 0.3 is 0 Å². The van der Waals surface area contributed by atoms with E-state index in [1.165, 1.54) is 0 Å². The van der Waals surface area contributed by atoms with Gasteiger partial charge in [0.25, 0.3) is 0 Å². The van der Waals surface area contributed by atoms with Crippen molar-refractivity contribution in [3.63, 3.8) is 0 Å². The van der Waals surface area contributed by atoms with E-state index in [1.54, 1.807) is 6.08 Å². The molecule has 0 unspecified atom stereocenters. The Morgan fingerprint density at radius 1 is 1.05 bits per heavy atom. The number of ketones is 1. The molecule has 2 aromatic carbocycles. The van der Waals surface area contributed by atoms with E-state index >= 15 is 0 Å². The highest BCUT2D eigenvalue weighted by Gasteiger charge is 2.14. The van der Waals surface area contributed by atoms with Gasteiger partial charge in [-0.15, -0.1) is 0 Å². The van der Waals surface area contributed by atoms with Crippen molar-refractivity contribution >= 4 is 27.8 Å². The average Bonchev–Trinajstić information content (AvgIpc) is 2.48. The second-order valence-corrected chi connectivity index (χ2v) is 5.03. The summed E-state index contributed by atoms with van der Waals surface area (Å²) in [6, 6.07) is 12.1. The van der Waals surface area contributed by atoms with Crippen molar-refractivity contribution in [2.75, 3.05) is 12.0 Å². The predicted molar refractivity (Wildman–Crippen MR) is 81.5 cm³/mol. The van der Waals surface area contributed by atoms with Crippen molar-refractivity contribution in [1.29, 1.82) is 0 Å². The van der Waals surface area contributed by atoms with E-state index in [0.29, 0.717) is 6.42 Å². The molecule has 0 spiro atoms. The number of hydrogen-bond acceptors (Lipinski definition) is 3. The molecule has 0 radical (unpaired) electrons. The summed E-state index contributed by atoms with van der Waals surface area (Å²) in [4.78, 5) is 11.6. The molecule has 20 heavy (non-hydrogen) atoms. The van der Waals surface area contributed by atoms with Gasteiger partial charge in [0.05, 0.1) is 0 Å². The number of aliphatic hydroxyl groups excluding tert-OH is 1. The zero-order valence-corrected chi connectivity index (χ0v) is 11.2. The lowest BCUT2D eigenvalue weighted by molar-refractivity contribution is -0.114. The van der Waals surface area contributed by atoms with Gasteiger partial charge in [-0.2, -0.15) is 0 Å². The van der Waals surface area contributed by atoms with E-state index in [9.17, 15) is 4.79 Å². The van der Waals surface area contributed by atoms with E-state index in [2.05, 4.69) is 11.4 Å². The van der Waals surface area contributed by atoms with Gasteiger partial charge in [-0.1, -0.05) is 30.3 Å². The lowest BCUT2D eigenvalue weighted by Gasteiger charge is -2.16. The lowest BCUT2D eigenvalue weighted by Crippen LogP contribution is -2.04. The summed E-state index contributed by atoms with van der Waals surface area (Å²) in [6.07, 6.45) is 4.31. The molecule has 0 bridgehead atoms. The molecule has 0 aliphatic heterocycles. The third-order valence-corrected chi connectivity index (χ3v) is 3.74. The van der Waals surface area contributed by atoms with Gasteiger partial charge in [-0.25, -0.2) is 0 Å². The standard InChI is InChI=1S/C17H17NO2/c19-11-18-17-9-8-14(12-4-3-5-13(20)10-12)15-6-1-2-7-16(15)17/h1-2,6-10,18-19H,3-5,11H2. The van der Waals surface area contributed by atoms with E-state index in [4.69, 9.17) is 5.11 Å².